The summed E-state index contributed by atoms with van der Waals surface area (Å²) in [5, 5.41) is 35.2. The number of nitriles is 3. The van der Waals surface area contributed by atoms with Crippen molar-refractivity contribution in [3.05, 3.63) is 168 Å². The van der Waals surface area contributed by atoms with Crippen molar-refractivity contribution < 1.29 is 0 Å². The molecule has 230 valence electrons. The lowest BCUT2D eigenvalue weighted by atomic mass is 9.87. The van der Waals surface area contributed by atoms with Gasteiger partial charge in [-0.25, -0.2) is 0 Å². The number of aromatic nitrogens is 2. The molecule has 0 fully saturated rings. The molecule has 0 aliphatic heterocycles. The number of fused-ring (bicyclic) bond motifs is 6. The number of benzene rings is 7. The van der Waals surface area contributed by atoms with E-state index in [0.29, 0.717) is 27.8 Å². The largest absolute Gasteiger partial charge is 0.309 e. The summed E-state index contributed by atoms with van der Waals surface area (Å²) in [5.74, 6) is 0. The highest BCUT2D eigenvalue weighted by molar-refractivity contribution is 6.11. The van der Waals surface area contributed by atoms with Gasteiger partial charge in [-0.05, 0) is 77.9 Å². The number of nitrogens with zero attached hydrogens (tertiary/aromatic N) is 5. The minimum absolute atomic E-state index is 0.463. The maximum Gasteiger partial charge on any atom is 0.0998 e. The molecule has 0 saturated heterocycles. The molecule has 0 radical (unpaired) electrons. The summed E-state index contributed by atoms with van der Waals surface area (Å²) in [6, 6.07) is 57.7. The molecule has 5 nitrogen and oxygen atoms in total. The maximum absolute atomic E-state index is 10.6. The van der Waals surface area contributed by atoms with Crippen molar-refractivity contribution >= 4 is 43.6 Å². The summed E-state index contributed by atoms with van der Waals surface area (Å²) >= 11 is 0. The maximum atomic E-state index is 10.6. The van der Waals surface area contributed by atoms with Crippen LogP contribution < -0.4 is 0 Å². The SMILES string of the molecule is N#Cc1ccc2c(c1)c1ccccc1n2-c1cccc(C#N)c1-c1c(C#N)cccc1-c1cccc(-n2c3ccccc3c3ccccc32)c1. The lowest BCUT2D eigenvalue weighted by molar-refractivity contribution is 1.18. The average molecular weight is 636 g/mol. The van der Waals surface area contributed by atoms with E-state index in [1.165, 1.54) is 10.8 Å². The van der Waals surface area contributed by atoms with Gasteiger partial charge in [0.25, 0.3) is 0 Å². The zero-order valence-corrected chi connectivity index (χ0v) is 26.7. The molecule has 7 aromatic carbocycles. The van der Waals surface area contributed by atoms with Gasteiger partial charge in [0.1, 0.15) is 0 Å². The van der Waals surface area contributed by atoms with Crippen LogP contribution in [0.15, 0.2) is 152 Å². The quantitative estimate of drug-likeness (QED) is 0.193. The standard InChI is InChI=1S/C45H25N5/c46-26-29-22-23-42-38(24-29)37-16-3-6-20-41(37)50(42)43-21-9-12-32(28-48)45(43)44-31(27-47)11-8-17-34(44)30-10-7-13-33(25-30)49-39-18-4-1-14-35(39)36-15-2-5-19-40(36)49/h1-25H. The zero-order chi connectivity index (χ0) is 33.8. The molecule has 50 heavy (non-hydrogen) atoms. The molecule has 0 atom stereocenters. The second-order valence-electron chi connectivity index (χ2n) is 12.3. The van der Waals surface area contributed by atoms with E-state index in [9.17, 15) is 15.8 Å². The Morgan fingerprint density at radius 1 is 0.400 bits per heavy atom. The van der Waals surface area contributed by atoms with Crippen LogP contribution in [0, 0.1) is 34.0 Å². The molecule has 9 rings (SSSR count). The van der Waals surface area contributed by atoms with E-state index in [1.54, 1.807) is 0 Å². The van der Waals surface area contributed by atoms with Crippen LogP contribution in [0.1, 0.15) is 16.7 Å². The van der Waals surface area contributed by atoms with Crippen molar-refractivity contribution in [3.63, 3.8) is 0 Å². The molecule has 0 unspecified atom stereocenters. The van der Waals surface area contributed by atoms with Gasteiger partial charge in [0, 0.05) is 38.4 Å². The summed E-state index contributed by atoms with van der Waals surface area (Å²) < 4.78 is 4.43. The van der Waals surface area contributed by atoms with E-state index in [4.69, 9.17) is 0 Å². The summed E-state index contributed by atoms with van der Waals surface area (Å²) in [4.78, 5) is 0. The molecule has 0 saturated carbocycles. The zero-order valence-electron chi connectivity index (χ0n) is 26.7. The van der Waals surface area contributed by atoms with Gasteiger partial charge in [-0.2, -0.15) is 15.8 Å². The molecular formula is C45H25N5. The van der Waals surface area contributed by atoms with Gasteiger partial charge in [-0.1, -0.05) is 84.9 Å². The highest BCUT2D eigenvalue weighted by Gasteiger charge is 2.23. The second-order valence-corrected chi connectivity index (χ2v) is 12.3. The van der Waals surface area contributed by atoms with Crippen molar-refractivity contribution in [2.45, 2.75) is 0 Å². The van der Waals surface area contributed by atoms with E-state index >= 15 is 0 Å². The van der Waals surface area contributed by atoms with Gasteiger partial charge in [0.05, 0.1) is 62.7 Å². The molecule has 0 N–H and O–H groups in total. The first-order valence-electron chi connectivity index (χ1n) is 16.3. The van der Waals surface area contributed by atoms with Crippen molar-refractivity contribution in [2.24, 2.45) is 0 Å². The summed E-state index contributed by atoms with van der Waals surface area (Å²) in [5.41, 5.74) is 10.5. The Hall–Kier alpha value is -7.39. The molecule has 5 heteroatoms. The van der Waals surface area contributed by atoms with Gasteiger partial charge in [0.15, 0.2) is 0 Å². The molecule has 0 bridgehead atoms. The van der Waals surface area contributed by atoms with Crippen LogP contribution in [0.2, 0.25) is 0 Å². The Morgan fingerprint density at radius 3 is 1.62 bits per heavy atom. The number of hydrogen-bond donors (Lipinski definition) is 0. The van der Waals surface area contributed by atoms with Crippen LogP contribution in [0.4, 0.5) is 0 Å². The predicted octanol–water partition coefficient (Wildman–Crippen LogP) is 10.8. The molecule has 0 aliphatic carbocycles. The van der Waals surface area contributed by atoms with Gasteiger partial charge in [-0.15, -0.1) is 0 Å². The molecule has 9 aromatic rings. The lowest BCUT2D eigenvalue weighted by Crippen LogP contribution is -2.02. The fraction of sp³-hybridized carbons (Fsp3) is 0. The fourth-order valence-corrected chi connectivity index (χ4v) is 7.55. The van der Waals surface area contributed by atoms with Crippen molar-refractivity contribution in [2.75, 3.05) is 0 Å². The third-order valence-electron chi connectivity index (χ3n) is 9.64. The molecule has 2 heterocycles. The summed E-state index contributed by atoms with van der Waals surface area (Å²) in [7, 11) is 0. The van der Waals surface area contributed by atoms with Crippen LogP contribution in [0.5, 0.6) is 0 Å². The van der Waals surface area contributed by atoms with Crippen LogP contribution in [0.3, 0.4) is 0 Å². The summed E-state index contributed by atoms with van der Waals surface area (Å²) in [6.45, 7) is 0. The Balaban J connectivity index is 1.34. The molecule has 0 spiro atoms. The molecule has 0 aliphatic rings. The van der Waals surface area contributed by atoms with Gasteiger partial charge < -0.3 is 9.13 Å². The summed E-state index contributed by atoms with van der Waals surface area (Å²) in [6.07, 6.45) is 0. The van der Waals surface area contributed by atoms with Crippen LogP contribution in [-0.4, -0.2) is 9.13 Å². The Bertz CT molecular complexity index is 2920. The third-order valence-corrected chi connectivity index (χ3v) is 9.64. The van der Waals surface area contributed by atoms with Gasteiger partial charge >= 0.3 is 0 Å². The van der Waals surface area contributed by atoms with Crippen molar-refractivity contribution in [1.82, 2.24) is 9.13 Å². The van der Waals surface area contributed by atoms with Gasteiger partial charge in [0.2, 0.25) is 0 Å². The molecule has 2 aromatic heterocycles. The number of para-hydroxylation sites is 3. The van der Waals surface area contributed by atoms with E-state index in [0.717, 1.165) is 55.3 Å². The monoisotopic (exact) mass is 635 g/mol. The number of rotatable bonds is 4. The minimum atomic E-state index is 0.463. The smallest absolute Gasteiger partial charge is 0.0998 e. The van der Waals surface area contributed by atoms with E-state index in [-0.39, 0.29) is 0 Å². The normalized spacial score (nSPS) is 11.1. The Labute approximate surface area is 287 Å². The minimum Gasteiger partial charge on any atom is -0.309 e. The van der Waals surface area contributed by atoms with Crippen molar-refractivity contribution in [1.29, 1.82) is 15.8 Å². The first-order valence-corrected chi connectivity index (χ1v) is 16.3. The topological polar surface area (TPSA) is 81.2 Å². The first-order chi connectivity index (χ1) is 24.7. The Morgan fingerprint density at radius 2 is 0.960 bits per heavy atom. The molecule has 0 amide bonds. The van der Waals surface area contributed by atoms with Crippen LogP contribution >= 0.6 is 0 Å². The molecular weight excluding hydrogens is 611 g/mol. The van der Waals surface area contributed by atoms with Crippen molar-refractivity contribution in [3.8, 4) is 51.8 Å². The first kappa shape index (κ1) is 28.8. The van der Waals surface area contributed by atoms with Gasteiger partial charge in [-0.3, -0.25) is 0 Å². The average Bonchev–Trinajstić information content (AvgIpc) is 3.70. The van der Waals surface area contributed by atoms with Crippen LogP contribution in [-0.2, 0) is 0 Å². The Kier molecular flexibility index (Phi) is 6.56. The second kappa shape index (κ2) is 11.4. The highest BCUT2D eigenvalue weighted by Crippen LogP contribution is 2.43. The predicted molar refractivity (Wildman–Crippen MR) is 200 cm³/mol. The fourth-order valence-electron chi connectivity index (χ4n) is 7.55. The highest BCUT2D eigenvalue weighted by atomic mass is 15.0. The van der Waals surface area contributed by atoms with E-state index < -0.39 is 0 Å². The van der Waals surface area contributed by atoms with Crippen LogP contribution in [0.25, 0.3) is 77.2 Å². The number of hydrogen-bond acceptors (Lipinski definition) is 3. The third kappa shape index (κ3) is 4.24. The lowest BCUT2D eigenvalue weighted by Gasteiger charge is -2.20. The van der Waals surface area contributed by atoms with E-state index in [2.05, 4.69) is 106 Å². The van der Waals surface area contributed by atoms with E-state index in [1.807, 2.05) is 72.8 Å².